The Morgan fingerprint density at radius 1 is 1.78 bits per heavy atom. The van der Waals surface area contributed by atoms with Crippen LogP contribution >= 0.6 is 24.4 Å². The maximum Gasteiger partial charge on any atom is 0.165 e. The van der Waals surface area contributed by atoms with Gasteiger partial charge < -0.3 is 4.57 Å². The van der Waals surface area contributed by atoms with Crippen LogP contribution in [-0.2, 0) is 7.05 Å². The molecule has 1 heterocycles. The van der Waals surface area contributed by atoms with Crippen molar-refractivity contribution < 1.29 is 0 Å². The first-order chi connectivity index (χ1) is 4.25. The number of nitrogens with zero attached hydrogens (tertiary/aromatic N) is 2. The molecule has 0 aromatic carbocycles. The summed E-state index contributed by atoms with van der Waals surface area (Å²) >= 11 is 5.78. The Morgan fingerprint density at radius 3 is 2.67 bits per heavy atom. The third-order valence-electron chi connectivity index (χ3n) is 1.13. The minimum absolute atomic E-state index is 0.763. The normalized spacial score (nSPS) is 10.1. The summed E-state index contributed by atoms with van der Waals surface area (Å²) in [6, 6.07) is 0. The van der Waals surface area contributed by atoms with Crippen LogP contribution in [-0.4, -0.2) is 15.8 Å². The molecule has 1 aromatic rings. The minimum Gasteiger partial charge on any atom is -0.318 e. The quantitative estimate of drug-likeness (QED) is 0.494. The molecule has 0 spiro atoms. The highest BCUT2D eigenvalue weighted by Crippen LogP contribution is 2.15. The molecule has 4 heteroatoms. The van der Waals surface area contributed by atoms with Gasteiger partial charge in [0.2, 0.25) is 0 Å². The molecule has 1 rings (SSSR count). The molecular weight excluding hydrogens is 152 g/mol. The molecule has 2 nitrogen and oxygen atoms in total. The summed E-state index contributed by atoms with van der Waals surface area (Å²) < 4.78 is 1.94. The molecule has 0 unspecified atom stereocenters. The highest BCUT2D eigenvalue weighted by atomic mass is 32.2. The second-order valence-electron chi connectivity index (χ2n) is 1.66. The third-order valence-corrected chi connectivity index (χ3v) is 2.34. The molecule has 9 heavy (non-hydrogen) atoms. The van der Waals surface area contributed by atoms with Crippen molar-refractivity contribution in [2.75, 3.05) is 6.26 Å². The molecule has 0 saturated carbocycles. The van der Waals surface area contributed by atoms with Gasteiger partial charge in [-0.1, -0.05) is 0 Å². The topological polar surface area (TPSA) is 17.8 Å². The predicted molar refractivity (Wildman–Crippen MR) is 42.2 cm³/mol. The molecule has 0 aliphatic rings. The fourth-order valence-electron chi connectivity index (χ4n) is 0.574. The van der Waals surface area contributed by atoms with Crippen LogP contribution in [0.2, 0.25) is 0 Å². The maximum atomic E-state index is 4.11. The predicted octanol–water partition coefficient (Wildman–Crippen LogP) is 1.43. The molecule has 0 aliphatic heterocycles. The summed E-state index contributed by atoms with van der Waals surface area (Å²) in [4.78, 5) is 3.99. The van der Waals surface area contributed by atoms with Gasteiger partial charge >= 0.3 is 0 Å². The first kappa shape index (κ1) is 7.02. The zero-order valence-electron chi connectivity index (χ0n) is 5.33. The van der Waals surface area contributed by atoms with E-state index < -0.39 is 0 Å². The van der Waals surface area contributed by atoms with Crippen LogP contribution in [0, 0.1) is 0 Å². The van der Waals surface area contributed by atoms with E-state index in [9.17, 15) is 0 Å². The van der Waals surface area contributed by atoms with Gasteiger partial charge in [-0.05, 0) is 6.26 Å². The number of hydrogen-bond donors (Lipinski definition) is 1. The van der Waals surface area contributed by atoms with Crippen LogP contribution < -0.4 is 0 Å². The van der Waals surface area contributed by atoms with Crippen molar-refractivity contribution in [3.63, 3.8) is 0 Å². The minimum atomic E-state index is 0.763. The van der Waals surface area contributed by atoms with Crippen molar-refractivity contribution in [2.24, 2.45) is 7.05 Å². The Balaban J connectivity index is 3.04. The molecule has 0 amide bonds. The lowest BCUT2D eigenvalue weighted by Crippen LogP contribution is -1.88. The Morgan fingerprint density at radius 2 is 2.44 bits per heavy atom. The highest BCUT2D eigenvalue weighted by Gasteiger charge is 1.98. The fraction of sp³-hybridized carbons (Fsp3) is 0.400. The van der Waals surface area contributed by atoms with Gasteiger partial charge in [-0.3, -0.25) is 0 Å². The van der Waals surface area contributed by atoms with E-state index in [2.05, 4.69) is 17.6 Å². The maximum absolute atomic E-state index is 4.11. The lowest BCUT2D eigenvalue weighted by atomic mass is 10.9. The average Bonchev–Trinajstić information content (AvgIpc) is 2.15. The van der Waals surface area contributed by atoms with E-state index in [0.29, 0.717) is 0 Å². The van der Waals surface area contributed by atoms with Crippen molar-refractivity contribution in [3.8, 4) is 0 Å². The van der Waals surface area contributed by atoms with Gasteiger partial charge in [0, 0.05) is 7.05 Å². The smallest absolute Gasteiger partial charge is 0.165 e. The number of hydrogen-bond acceptors (Lipinski definition) is 3. The largest absolute Gasteiger partial charge is 0.318 e. The Hall–Kier alpha value is -0.0900. The summed E-state index contributed by atoms with van der Waals surface area (Å²) in [6.07, 6.45) is 3.83. The van der Waals surface area contributed by atoms with Gasteiger partial charge in [0.15, 0.2) is 5.16 Å². The summed E-state index contributed by atoms with van der Waals surface area (Å²) in [5.41, 5.74) is 0. The molecule has 0 bridgehead atoms. The molecule has 0 N–H and O–H groups in total. The second kappa shape index (κ2) is 2.66. The number of rotatable bonds is 1. The van der Waals surface area contributed by atoms with E-state index in [1.165, 1.54) is 0 Å². The van der Waals surface area contributed by atoms with Crippen LogP contribution in [0.25, 0.3) is 0 Å². The first-order valence-electron chi connectivity index (χ1n) is 2.50. The van der Waals surface area contributed by atoms with Gasteiger partial charge in [-0.15, -0.1) is 24.4 Å². The number of thioether (sulfide) groups is 1. The molecule has 0 aliphatic carbocycles. The van der Waals surface area contributed by atoms with Gasteiger partial charge in [-0.2, -0.15) is 0 Å². The van der Waals surface area contributed by atoms with Crippen LogP contribution in [0.3, 0.4) is 0 Å². The molecule has 50 valence electrons. The highest BCUT2D eigenvalue weighted by molar-refractivity contribution is 7.98. The van der Waals surface area contributed by atoms with Crippen LogP contribution in [0.15, 0.2) is 16.4 Å². The number of aromatic nitrogens is 2. The monoisotopic (exact) mass is 160 g/mol. The van der Waals surface area contributed by atoms with Gasteiger partial charge in [-0.25, -0.2) is 4.98 Å². The van der Waals surface area contributed by atoms with E-state index in [1.807, 2.05) is 24.1 Å². The summed E-state index contributed by atoms with van der Waals surface area (Å²) in [5.74, 6) is 0. The van der Waals surface area contributed by atoms with E-state index in [0.717, 1.165) is 10.2 Å². The molecule has 1 aromatic heterocycles. The third kappa shape index (κ3) is 1.24. The van der Waals surface area contributed by atoms with Crippen molar-refractivity contribution in [2.45, 2.75) is 10.2 Å². The van der Waals surface area contributed by atoms with E-state index in [1.54, 1.807) is 11.8 Å². The fourth-order valence-corrected chi connectivity index (χ4v) is 1.33. The Kier molecular flexibility index (Phi) is 2.08. The van der Waals surface area contributed by atoms with E-state index >= 15 is 0 Å². The van der Waals surface area contributed by atoms with Crippen LogP contribution in [0.1, 0.15) is 0 Å². The molecule has 0 radical (unpaired) electrons. The Labute approximate surface area is 64.1 Å². The standard InChI is InChI=1S/C5H8N2S2/c1-7-4(9-2)3-6-5(7)8/h3H,1-2H3,(H,6,8). The molecule has 0 saturated heterocycles. The van der Waals surface area contributed by atoms with Crippen molar-refractivity contribution in [1.29, 1.82) is 0 Å². The number of imidazole rings is 1. The summed E-state index contributed by atoms with van der Waals surface area (Å²) in [6.45, 7) is 0. The van der Waals surface area contributed by atoms with Gasteiger partial charge in [0.1, 0.15) is 0 Å². The Bertz CT molecular complexity index is 207. The SMILES string of the molecule is CSc1cnc(S)n1C. The summed E-state index contributed by atoms with van der Waals surface area (Å²) in [7, 11) is 1.95. The zero-order chi connectivity index (χ0) is 6.85. The van der Waals surface area contributed by atoms with Gasteiger partial charge in [0.05, 0.1) is 11.2 Å². The molecular formula is C5H8N2S2. The second-order valence-corrected chi connectivity index (χ2v) is 2.89. The number of thiol groups is 1. The van der Waals surface area contributed by atoms with Crippen molar-refractivity contribution in [3.05, 3.63) is 6.20 Å². The lowest BCUT2D eigenvalue weighted by molar-refractivity contribution is 0.732. The van der Waals surface area contributed by atoms with Crippen molar-refractivity contribution in [1.82, 2.24) is 9.55 Å². The lowest BCUT2D eigenvalue weighted by Gasteiger charge is -1.96. The average molecular weight is 160 g/mol. The molecule has 0 fully saturated rings. The molecule has 0 atom stereocenters. The van der Waals surface area contributed by atoms with Crippen LogP contribution in [0.5, 0.6) is 0 Å². The van der Waals surface area contributed by atoms with E-state index in [-0.39, 0.29) is 0 Å². The first-order valence-corrected chi connectivity index (χ1v) is 4.17. The zero-order valence-corrected chi connectivity index (χ0v) is 7.04. The van der Waals surface area contributed by atoms with Gasteiger partial charge in [0.25, 0.3) is 0 Å². The van der Waals surface area contributed by atoms with Crippen LogP contribution in [0.4, 0.5) is 0 Å². The van der Waals surface area contributed by atoms with E-state index in [4.69, 9.17) is 0 Å². The summed E-state index contributed by atoms with van der Waals surface area (Å²) in [5, 5.41) is 1.90. The van der Waals surface area contributed by atoms with Crippen molar-refractivity contribution >= 4 is 24.4 Å².